The van der Waals surface area contributed by atoms with Crippen LogP contribution in [0.4, 0.5) is 0 Å². The zero-order chi connectivity index (χ0) is 19.8. The number of nitrogens with one attached hydrogen (secondary N) is 1. The van der Waals surface area contributed by atoms with E-state index in [1.807, 2.05) is 46.5 Å². The third-order valence-corrected chi connectivity index (χ3v) is 6.06. The van der Waals surface area contributed by atoms with Gasteiger partial charge in [-0.2, -0.15) is 0 Å². The molecule has 0 radical (unpaired) electrons. The summed E-state index contributed by atoms with van der Waals surface area (Å²) in [6, 6.07) is 19.4. The highest BCUT2D eigenvalue weighted by Gasteiger charge is 2.20. The summed E-state index contributed by atoms with van der Waals surface area (Å²) in [4.78, 5) is 0. The predicted octanol–water partition coefficient (Wildman–Crippen LogP) is 6.08. The minimum absolute atomic E-state index is 0.493. The number of hydrogen-bond donors (Lipinski definition) is 1. The van der Waals surface area contributed by atoms with Gasteiger partial charge in [0.05, 0.1) is 10.0 Å². The molecule has 0 aliphatic carbocycles. The molecule has 4 aromatic rings. The fourth-order valence-electron chi connectivity index (χ4n) is 3.04. The van der Waals surface area contributed by atoms with Gasteiger partial charge >= 0.3 is 0 Å². The standard InChI is InChI=1S/C21H14Cl2N4OS/c22-15-7-6-14(11-16(15)23)18-8-9-19(28-18)17-12-29-21-25-24-20(27(21)26-17)10-13-4-2-1-3-5-13/h1-9,11-12,26H,10H2. The molecule has 1 N–H and O–H groups in total. The summed E-state index contributed by atoms with van der Waals surface area (Å²) < 4.78 is 7.95. The average molecular weight is 441 g/mol. The Morgan fingerprint density at radius 1 is 0.931 bits per heavy atom. The summed E-state index contributed by atoms with van der Waals surface area (Å²) in [5, 5.41) is 12.4. The van der Waals surface area contributed by atoms with Gasteiger partial charge in [0.25, 0.3) is 0 Å². The largest absolute Gasteiger partial charge is 0.454 e. The van der Waals surface area contributed by atoms with Crippen molar-refractivity contribution in [2.45, 2.75) is 11.6 Å². The maximum atomic E-state index is 6.13. The van der Waals surface area contributed by atoms with Crippen LogP contribution in [0, 0.1) is 0 Å². The maximum Gasteiger partial charge on any atom is 0.214 e. The van der Waals surface area contributed by atoms with Gasteiger partial charge in [-0.05, 0) is 35.9 Å². The van der Waals surface area contributed by atoms with Gasteiger partial charge in [-0.3, -0.25) is 5.43 Å². The van der Waals surface area contributed by atoms with Crippen molar-refractivity contribution >= 4 is 40.7 Å². The van der Waals surface area contributed by atoms with Gasteiger partial charge in [0.1, 0.15) is 11.5 Å². The molecule has 1 aliphatic heterocycles. The van der Waals surface area contributed by atoms with Crippen LogP contribution in [0.3, 0.4) is 0 Å². The lowest BCUT2D eigenvalue weighted by molar-refractivity contribution is 0.564. The van der Waals surface area contributed by atoms with Crippen molar-refractivity contribution in [3.8, 4) is 11.3 Å². The molecule has 8 heteroatoms. The SMILES string of the molecule is Clc1ccc(-c2ccc(C3=CSc4nnc(Cc5ccccc5)n4N3)o2)cc1Cl. The molecular weight excluding hydrogens is 427 g/mol. The van der Waals surface area contributed by atoms with Gasteiger partial charge < -0.3 is 4.42 Å². The van der Waals surface area contributed by atoms with Gasteiger partial charge in [0.2, 0.25) is 5.16 Å². The Hall–Kier alpha value is -2.67. The third kappa shape index (κ3) is 3.67. The molecule has 3 heterocycles. The lowest BCUT2D eigenvalue weighted by atomic mass is 10.1. The first kappa shape index (κ1) is 18.4. The van der Waals surface area contributed by atoms with Gasteiger partial charge in [-0.15, -0.1) is 10.2 Å². The van der Waals surface area contributed by atoms with E-state index in [1.54, 1.807) is 12.1 Å². The van der Waals surface area contributed by atoms with Crippen molar-refractivity contribution in [2.75, 3.05) is 5.43 Å². The van der Waals surface area contributed by atoms with Crippen molar-refractivity contribution < 1.29 is 4.42 Å². The Morgan fingerprint density at radius 3 is 2.59 bits per heavy atom. The van der Waals surface area contributed by atoms with Crippen molar-refractivity contribution in [2.24, 2.45) is 0 Å². The summed E-state index contributed by atoms with van der Waals surface area (Å²) in [6.07, 6.45) is 0.682. The van der Waals surface area contributed by atoms with E-state index in [0.717, 1.165) is 22.2 Å². The number of thioether (sulfide) groups is 1. The minimum atomic E-state index is 0.493. The van der Waals surface area contributed by atoms with Crippen molar-refractivity contribution in [3.05, 3.63) is 93.3 Å². The molecule has 0 fully saturated rings. The number of rotatable bonds is 4. The van der Waals surface area contributed by atoms with Crippen LogP contribution < -0.4 is 5.43 Å². The van der Waals surface area contributed by atoms with E-state index in [4.69, 9.17) is 27.6 Å². The Balaban J connectivity index is 1.39. The maximum absolute atomic E-state index is 6.13. The van der Waals surface area contributed by atoms with Gasteiger partial charge in [0, 0.05) is 17.4 Å². The summed E-state index contributed by atoms with van der Waals surface area (Å²) in [5.74, 6) is 2.26. The molecular formula is C21H14Cl2N4OS. The van der Waals surface area contributed by atoms with Crippen LogP contribution in [0.2, 0.25) is 10.0 Å². The highest BCUT2D eigenvalue weighted by atomic mass is 35.5. The van der Waals surface area contributed by atoms with E-state index in [0.29, 0.717) is 28.0 Å². The first-order valence-corrected chi connectivity index (χ1v) is 10.5. The van der Waals surface area contributed by atoms with Crippen molar-refractivity contribution in [1.29, 1.82) is 0 Å². The Morgan fingerprint density at radius 2 is 1.76 bits per heavy atom. The molecule has 0 spiro atoms. The molecule has 0 atom stereocenters. The average Bonchev–Trinajstić information content (AvgIpc) is 3.38. The lowest BCUT2D eigenvalue weighted by Gasteiger charge is -2.17. The van der Waals surface area contributed by atoms with Crippen LogP contribution in [0.15, 0.2) is 75.6 Å². The fourth-order valence-corrected chi connectivity index (χ4v) is 4.08. The second-order valence-electron chi connectivity index (χ2n) is 6.45. The number of benzene rings is 2. The molecule has 2 aromatic carbocycles. The quantitative estimate of drug-likeness (QED) is 0.416. The molecule has 0 saturated carbocycles. The summed E-state index contributed by atoms with van der Waals surface area (Å²) in [7, 11) is 0. The fraction of sp³-hybridized carbons (Fsp3) is 0.0476. The Kier molecular flexibility index (Phi) is 4.83. The molecule has 5 rings (SSSR count). The zero-order valence-corrected chi connectivity index (χ0v) is 17.3. The Bertz CT molecular complexity index is 1220. The van der Waals surface area contributed by atoms with Crippen LogP contribution >= 0.6 is 35.0 Å². The van der Waals surface area contributed by atoms with Gasteiger partial charge in [0.15, 0.2) is 11.6 Å². The third-order valence-electron chi connectivity index (χ3n) is 4.50. The second kappa shape index (κ2) is 7.63. The molecule has 5 nitrogen and oxygen atoms in total. The van der Waals surface area contributed by atoms with E-state index in [1.165, 1.54) is 17.3 Å². The molecule has 2 aromatic heterocycles. The molecule has 1 aliphatic rings. The van der Waals surface area contributed by atoms with Crippen molar-refractivity contribution in [1.82, 2.24) is 14.9 Å². The van der Waals surface area contributed by atoms with Gasteiger partial charge in [-0.25, -0.2) is 4.68 Å². The Labute approximate surface area is 181 Å². The summed E-state index contributed by atoms with van der Waals surface area (Å²) >= 11 is 13.6. The van der Waals surface area contributed by atoms with Crippen LogP contribution in [0.25, 0.3) is 17.0 Å². The van der Waals surface area contributed by atoms with E-state index < -0.39 is 0 Å². The molecule has 0 saturated heterocycles. The first-order valence-electron chi connectivity index (χ1n) is 8.85. The molecule has 29 heavy (non-hydrogen) atoms. The van der Waals surface area contributed by atoms with E-state index in [2.05, 4.69) is 27.8 Å². The number of halogens is 2. The van der Waals surface area contributed by atoms with E-state index in [-0.39, 0.29) is 0 Å². The first-order chi connectivity index (χ1) is 14.2. The van der Waals surface area contributed by atoms with Crippen molar-refractivity contribution in [3.63, 3.8) is 0 Å². The van der Waals surface area contributed by atoms with Crippen LogP contribution in [-0.4, -0.2) is 14.9 Å². The highest BCUT2D eigenvalue weighted by Crippen LogP contribution is 2.33. The number of aromatic nitrogens is 3. The summed E-state index contributed by atoms with van der Waals surface area (Å²) in [5.41, 5.74) is 6.23. The number of furan rings is 1. The second-order valence-corrected chi connectivity index (χ2v) is 8.10. The normalized spacial score (nSPS) is 13.0. The molecule has 0 bridgehead atoms. The minimum Gasteiger partial charge on any atom is -0.454 e. The number of hydrogen-bond acceptors (Lipinski definition) is 5. The summed E-state index contributed by atoms with van der Waals surface area (Å²) in [6.45, 7) is 0. The monoisotopic (exact) mass is 440 g/mol. The predicted molar refractivity (Wildman–Crippen MR) is 117 cm³/mol. The van der Waals surface area contributed by atoms with E-state index in [9.17, 15) is 0 Å². The zero-order valence-electron chi connectivity index (χ0n) is 15.0. The van der Waals surface area contributed by atoms with E-state index >= 15 is 0 Å². The topological polar surface area (TPSA) is 55.9 Å². The van der Waals surface area contributed by atoms with Crippen LogP contribution in [0.5, 0.6) is 0 Å². The smallest absolute Gasteiger partial charge is 0.214 e. The van der Waals surface area contributed by atoms with Crippen LogP contribution in [0.1, 0.15) is 17.1 Å². The molecule has 0 unspecified atom stereocenters. The lowest BCUT2D eigenvalue weighted by Crippen LogP contribution is -2.19. The number of fused-ring (bicyclic) bond motifs is 1. The van der Waals surface area contributed by atoms with Crippen LogP contribution in [-0.2, 0) is 6.42 Å². The molecule has 144 valence electrons. The molecule has 0 amide bonds. The number of nitrogens with zero attached hydrogens (tertiary/aromatic N) is 3. The van der Waals surface area contributed by atoms with Gasteiger partial charge in [-0.1, -0.05) is 65.3 Å². The highest BCUT2D eigenvalue weighted by molar-refractivity contribution is 8.02.